The molecule has 2 aliphatic rings. The van der Waals surface area contributed by atoms with Crippen molar-refractivity contribution in [1.82, 2.24) is 10.2 Å². The molecule has 17 heavy (non-hydrogen) atoms. The van der Waals surface area contributed by atoms with E-state index in [9.17, 15) is 0 Å². The largest absolute Gasteiger partial charge is 0.385 e. The van der Waals surface area contributed by atoms with Crippen molar-refractivity contribution in [2.45, 2.75) is 57.0 Å². The van der Waals surface area contributed by atoms with Crippen LogP contribution in [0.4, 0.5) is 0 Å². The number of methoxy groups -OCH3 is 1. The van der Waals surface area contributed by atoms with Gasteiger partial charge in [0.1, 0.15) is 0 Å². The van der Waals surface area contributed by atoms with Gasteiger partial charge in [0.05, 0.1) is 0 Å². The first-order valence-corrected chi connectivity index (χ1v) is 7.25. The van der Waals surface area contributed by atoms with Crippen LogP contribution < -0.4 is 5.32 Å². The molecule has 0 amide bonds. The number of ether oxygens (including phenoxy) is 1. The lowest BCUT2D eigenvalue weighted by Crippen LogP contribution is -2.64. The SMILES string of the molecule is COCCC(C)N1CCNCC12CCCCC2. The normalized spacial score (nSPS) is 27.2. The van der Waals surface area contributed by atoms with Crippen LogP contribution in [0.2, 0.25) is 0 Å². The molecule has 1 aliphatic carbocycles. The summed E-state index contributed by atoms with van der Waals surface area (Å²) >= 11 is 0. The molecule has 1 spiro atoms. The van der Waals surface area contributed by atoms with Crippen LogP contribution in [0.25, 0.3) is 0 Å². The molecule has 1 unspecified atom stereocenters. The van der Waals surface area contributed by atoms with E-state index in [2.05, 4.69) is 17.1 Å². The number of nitrogens with zero attached hydrogens (tertiary/aromatic N) is 1. The van der Waals surface area contributed by atoms with E-state index in [-0.39, 0.29) is 0 Å². The molecule has 1 aliphatic heterocycles. The quantitative estimate of drug-likeness (QED) is 0.813. The highest BCUT2D eigenvalue weighted by Gasteiger charge is 2.41. The predicted molar refractivity (Wildman–Crippen MR) is 71.3 cm³/mol. The van der Waals surface area contributed by atoms with Crippen LogP contribution in [0.1, 0.15) is 45.4 Å². The van der Waals surface area contributed by atoms with E-state index >= 15 is 0 Å². The zero-order valence-electron chi connectivity index (χ0n) is 11.5. The molecular formula is C14H28N2O. The van der Waals surface area contributed by atoms with Gasteiger partial charge in [-0.05, 0) is 26.2 Å². The zero-order chi connectivity index (χ0) is 12.1. The van der Waals surface area contributed by atoms with Gasteiger partial charge in [-0.2, -0.15) is 0 Å². The Balaban J connectivity index is 2.00. The minimum Gasteiger partial charge on any atom is -0.385 e. The van der Waals surface area contributed by atoms with Crippen LogP contribution >= 0.6 is 0 Å². The molecule has 3 nitrogen and oxygen atoms in total. The van der Waals surface area contributed by atoms with Crippen molar-refractivity contribution in [2.24, 2.45) is 0 Å². The molecule has 2 fully saturated rings. The molecule has 0 radical (unpaired) electrons. The lowest BCUT2D eigenvalue weighted by molar-refractivity contribution is -0.0105. The highest BCUT2D eigenvalue weighted by molar-refractivity contribution is 4.99. The molecule has 0 bridgehead atoms. The van der Waals surface area contributed by atoms with Gasteiger partial charge in [-0.1, -0.05) is 19.3 Å². The van der Waals surface area contributed by atoms with E-state index < -0.39 is 0 Å². The van der Waals surface area contributed by atoms with Gasteiger partial charge >= 0.3 is 0 Å². The lowest BCUT2D eigenvalue weighted by atomic mass is 9.78. The summed E-state index contributed by atoms with van der Waals surface area (Å²) in [5.74, 6) is 0. The van der Waals surface area contributed by atoms with E-state index in [1.54, 1.807) is 7.11 Å². The van der Waals surface area contributed by atoms with Crippen molar-refractivity contribution in [3.63, 3.8) is 0 Å². The average molecular weight is 240 g/mol. The summed E-state index contributed by atoms with van der Waals surface area (Å²) in [5, 5.41) is 3.61. The first kappa shape index (κ1) is 13.3. The van der Waals surface area contributed by atoms with Gasteiger partial charge in [0.2, 0.25) is 0 Å². The van der Waals surface area contributed by atoms with Gasteiger partial charge in [0.15, 0.2) is 0 Å². The summed E-state index contributed by atoms with van der Waals surface area (Å²) in [6, 6.07) is 0.662. The van der Waals surface area contributed by atoms with Gasteiger partial charge in [0, 0.05) is 44.9 Å². The van der Waals surface area contributed by atoms with Crippen molar-refractivity contribution < 1.29 is 4.74 Å². The molecule has 1 N–H and O–H groups in total. The summed E-state index contributed by atoms with van der Waals surface area (Å²) in [4.78, 5) is 2.78. The fraction of sp³-hybridized carbons (Fsp3) is 1.00. The van der Waals surface area contributed by atoms with E-state index in [0.29, 0.717) is 11.6 Å². The van der Waals surface area contributed by atoms with Crippen LogP contribution in [-0.2, 0) is 4.74 Å². The van der Waals surface area contributed by atoms with Crippen LogP contribution in [0.15, 0.2) is 0 Å². The topological polar surface area (TPSA) is 24.5 Å². The van der Waals surface area contributed by atoms with Crippen LogP contribution in [-0.4, -0.2) is 49.8 Å². The molecule has 0 aromatic heterocycles. The third-order valence-corrected chi connectivity index (χ3v) is 4.65. The highest BCUT2D eigenvalue weighted by atomic mass is 16.5. The Hall–Kier alpha value is -0.120. The first-order valence-electron chi connectivity index (χ1n) is 7.25. The maximum Gasteiger partial charge on any atom is 0.0477 e. The monoisotopic (exact) mass is 240 g/mol. The number of hydrogen-bond acceptors (Lipinski definition) is 3. The maximum atomic E-state index is 5.24. The van der Waals surface area contributed by atoms with Gasteiger partial charge in [0.25, 0.3) is 0 Å². The van der Waals surface area contributed by atoms with Crippen molar-refractivity contribution in [1.29, 1.82) is 0 Å². The second-order valence-corrected chi connectivity index (χ2v) is 5.79. The second-order valence-electron chi connectivity index (χ2n) is 5.79. The molecule has 0 aromatic carbocycles. The number of hydrogen-bond donors (Lipinski definition) is 1. The summed E-state index contributed by atoms with van der Waals surface area (Å²) < 4.78 is 5.24. The summed E-state index contributed by atoms with van der Waals surface area (Å²) in [7, 11) is 1.81. The lowest BCUT2D eigenvalue weighted by Gasteiger charge is -2.52. The second kappa shape index (κ2) is 6.17. The Morgan fingerprint density at radius 1 is 1.29 bits per heavy atom. The molecule has 1 saturated carbocycles. The molecule has 1 saturated heterocycles. The highest BCUT2D eigenvalue weighted by Crippen LogP contribution is 2.36. The average Bonchev–Trinajstić information content (AvgIpc) is 2.37. The molecule has 1 heterocycles. The third kappa shape index (κ3) is 3.01. The van der Waals surface area contributed by atoms with Gasteiger partial charge < -0.3 is 10.1 Å². The minimum atomic E-state index is 0.462. The standard InChI is InChI=1S/C14H28N2O/c1-13(6-11-17-2)16-10-9-15-12-14(16)7-4-3-5-8-14/h13,15H,3-12H2,1-2H3. The van der Waals surface area contributed by atoms with Crippen LogP contribution in [0.5, 0.6) is 0 Å². The van der Waals surface area contributed by atoms with Gasteiger partial charge in [-0.3, -0.25) is 4.90 Å². The smallest absolute Gasteiger partial charge is 0.0477 e. The number of piperazine rings is 1. The number of rotatable bonds is 4. The summed E-state index contributed by atoms with van der Waals surface area (Å²) in [6.45, 7) is 6.83. The Labute approximate surface area is 106 Å². The third-order valence-electron chi connectivity index (χ3n) is 4.65. The molecular weight excluding hydrogens is 212 g/mol. The zero-order valence-corrected chi connectivity index (χ0v) is 11.5. The van der Waals surface area contributed by atoms with E-state index in [1.165, 1.54) is 45.2 Å². The number of nitrogens with one attached hydrogen (secondary N) is 1. The fourth-order valence-corrected chi connectivity index (χ4v) is 3.67. The predicted octanol–water partition coefficient (Wildman–Crippen LogP) is 2.02. The fourth-order valence-electron chi connectivity index (χ4n) is 3.67. The van der Waals surface area contributed by atoms with Gasteiger partial charge in [-0.15, -0.1) is 0 Å². The van der Waals surface area contributed by atoms with Crippen molar-refractivity contribution in [2.75, 3.05) is 33.4 Å². The van der Waals surface area contributed by atoms with E-state index in [4.69, 9.17) is 4.74 Å². The molecule has 2 rings (SSSR count). The Kier molecular flexibility index (Phi) is 4.83. The Bertz CT molecular complexity index is 218. The van der Waals surface area contributed by atoms with E-state index in [0.717, 1.165) is 19.6 Å². The molecule has 1 atom stereocenters. The van der Waals surface area contributed by atoms with Crippen molar-refractivity contribution in [3.05, 3.63) is 0 Å². The molecule has 3 heteroatoms. The van der Waals surface area contributed by atoms with E-state index in [1.807, 2.05) is 0 Å². The van der Waals surface area contributed by atoms with Crippen LogP contribution in [0.3, 0.4) is 0 Å². The molecule has 100 valence electrons. The molecule has 0 aromatic rings. The van der Waals surface area contributed by atoms with Gasteiger partial charge in [-0.25, -0.2) is 0 Å². The summed E-state index contributed by atoms with van der Waals surface area (Å²) in [6.07, 6.45) is 8.19. The maximum absolute atomic E-state index is 5.24. The van der Waals surface area contributed by atoms with Crippen LogP contribution in [0, 0.1) is 0 Å². The van der Waals surface area contributed by atoms with Crippen molar-refractivity contribution >= 4 is 0 Å². The van der Waals surface area contributed by atoms with Crippen molar-refractivity contribution in [3.8, 4) is 0 Å². The first-order chi connectivity index (χ1) is 8.28. The Morgan fingerprint density at radius 2 is 2.06 bits per heavy atom. The summed E-state index contributed by atoms with van der Waals surface area (Å²) in [5.41, 5.74) is 0.462. The minimum absolute atomic E-state index is 0.462. The Morgan fingerprint density at radius 3 is 2.76 bits per heavy atom.